The fourth-order valence-corrected chi connectivity index (χ4v) is 2.09. The zero-order valence-corrected chi connectivity index (χ0v) is 13.1. The van der Waals surface area contributed by atoms with Crippen LogP contribution in [0.3, 0.4) is 0 Å². The first-order chi connectivity index (χ1) is 9.12. The maximum absolute atomic E-state index is 11.9. The van der Waals surface area contributed by atoms with Gasteiger partial charge < -0.3 is 14.8 Å². The molecule has 106 valence electrons. The van der Waals surface area contributed by atoms with Crippen LogP contribution in [0.2, 0.25) is 0 Å². The number of hydrogen-bond acceptors (Lipinski definition) is 3. The van der Waals surface area contributed by atoms with E-state index in [1.54, 1.807) is 32.4 Å². The second kappa shape index (κ2) is 8.04. The molecule has 1 N–H and O–H groups in total. The summed E-state index contributed by atoms with van der Waals surface area (Å²) in [6, 6.07) is 5.30. The molecule has 0 saturated carbocycles. The number of amides is 1. The number of benzene rings is 1. The third kappa shape index (κ3) is 4.74. The van der Waals surface area contributed by atoms with Gasteiger partial charge in [0.25, 0.3) is 0 Å². The van der Waals surface area contributed by atoms with Crippen molar-refractivity contribution in [3.05, 3.63) is 18.2 Å². The Morgan fingerprint density at radius 1 is 1.32 bits per heavy atom. The standard InChI is InChI=1S/C14H20BrNO3/c1-4-5-6-11(15)14(17)16-10-7-8-12(18-2)13(9-10)19-3/h7-9,11H,4-6H2,1-3H3,(H,16,17)/t11-/m1/s1. The molecule has 0 bridgehead atoms. The molecular weight excluding hydrogens is 310 g/mol. The van der Waals surface area contributed by atoms with E-state index in [0.29, 0.717) is 17.2 Å². The van der Waals surface area contributed by atoms with E-state index < -0.39 is 0 Å². The minimum Gasteiger partial charge on any atom is -0.493 e. The molecule has 1 amide bonds. The molecule has 0 radical (unpaired) electrons. The smallest absolute Gasteiger partial charge is 0.238 e. The van der Waals surface area contributed by atoms with Crippen molar-refractivity contribution in [3.8, 4) is 11.5 Å². The first kappa shape index (κ1) is 15.8. The van der Waals surface area contributed by atoms with Gasteiger partial charge in [0.2, 0.25) is 5.91 Å². The summed E-state index contributed by atoms with van der Waals surface area (Å²) in [5, 5.41) is 2.86. The van der Waals surface area contributed by atoms with Crippen molar-refractivity contribution in [2.24, 2.45) is 0 Å². The van der Waals surface area contributed by atoms with E-state index in [0.717, 1.165) is 19.3 Å². The van der Waals surface area contributed by atoms with Gasteiger partial charge in [-0.1, -0.05) is 35.7 Å². The van der Waals surface area contributed by atoms with E-state index in [4.69, 9.17) is 9.47 Å². The van der Waals surface area contributed by atoms with Crippen LogP contribution in [-0.2, 0) is 4.79 Å². The zero-order valence-electron chi connectivity index (χ0n) is 11.5. The van der Waals surface area contributed by atoms with Crippen LogP contribution in [0.25, 0.3) is 0 Å². The van der Waals surface area contributed by atoms with Gasteiger partial charge in [-0.25, -0.2) is 0 Å². The number of alkyl halides is 1. The van der Waals surface area contributed by atoms with Crippen LogP contribution in [0.5, 0.6) is 11.5 Å². The van der Waals surface area contributed by atoms with Crippen LogP contribution in [0.15, 0.2) is 18.2 Å². The first-order valence-electron chi connectivity index (χ1n) is 6.29. The molecule has 5 heteroatoms. The number of carbonyl (C=O) groups is 1. The predicted octanol–water partition coefficient (Wildman–Crippen LogP) is 3.60. The van der Waals surface area contributed by atoms with Gasteiger partial charge in [0.15, 0.2) is 11.5 Å². The van der Waals surface area contributed by atoms with Crippen LogP contribution in [0.1, 0.15) is 26.2 Å². The molecular formula is C14H20BrNO3. The van der Waals surface area contributed by atoms with Crippen LogP contribution in [0.4, 0.5) is 5.69 Å². The number of anilines is 1. The Morgan fingerprint density at radius 2 is 2.00 bits per heavy atom. The molecule has 0 aromatic heterocycles. The number of carbonyl (C=O) groups excluding carboxylic acids is 1. The summed E-state index contributed by atoms with van der Waals surface area (Å²) < 4.78 is 10.3. The number of unbranched alkanes of at least 4 members (excludes halogenated alkanes) is 1. The summed E-state index contributed by atoms with van der Waals surface area (Å²) in [5.41, 5.74) is 0.698. The average Bonchev–Trinajstić information content (AvgIpc) is 2.44. The van der Waals surface area contributed by atoms with Gasteiger partial charge in [-0.15, -0.1) is 0 Å². The molecule has 1 aromatic rings. The first-order valence-corrected chi connectivity index (χ1v) is 7.20. The Balaban J connectivity index is 2.69. The van der Waals surface area contributed by atoms with Crippen LogP contribution in [-0.4, -0.2) is 25.0 Å². The van der Waals surface area contributed by atoms with Gasteiger partial charge in [-0.3, -0.25) is 4.79 Å². The molecule has 0 unspecified atom stereocenters. The quantitative estimate of drug-likeness (QED) is 0.777. The Morgan fingerprint density at radius 3 is 2.58 bits per heavy atom. The topological polar surface area (TPSA) is 47.6 Å². The molecule has 0 aliphatic carbocycles. The van der Waals surface area contributed by atoms with Crippen molar-refractivity contribution < 1.29 is 14.3 Å². The summed E-state index contributed by atoms with van der Waals surface area (Å²) in [7, 11) is 3.15. The van der Waals surface area contributed by atoms with Crippen LogP contribution in [0, 0.1) is 0 Å². The fourth-order valence-electron chi connectivity index (χ4n) is 1.65. The van der Waals surface area contributed by atoms with E-state index >= 15 is 0 Å². The lowest BCUT2D eigenvalue weighted by molar-refractivity contribution is -0.115. The number of nitrogens with one attached hydrogen (secondary N) is 1. The molecule has 0 aliphatic heterocycles. The van der Waals surface area contributed by atoms with Crippen molar-refractivity contribution in [3.63, 3.8) is 0 Å². The van der Waals surface area contributed by atoms with Gasteiger partial charge in [0.1, 0.15) is 0 Å². The Labute approximate surface area is 122 Å². The van der Waals surface area contributed by atoms with Gasteiger partial charge in [0, 0.05) is 11.8 Å². The molecule has 0 heterocycles. The molecule has 1 rings (SSSR count). The Hall–Kier alpha value is -1.23. The van der Waals surface area contributed by atoms with Gasteiger partial charge in [-0.05, 0) is 18.6 Å². The Kier molecular flexibility index (Phi) is 6.70. The molecule has 1 atom stereocenters. The molecule has 0 spiro atoms. The summed E-state index contributed by atoms with van der Waals surface area (Å²) in [5.74, 6) is 1.20. The molecule has 0 aliphatic rings. The van der Waals surface area contributed by atoms with Crippen molar-refractivity contribution in [2.45, 2.75) is 31.0 Å². The van der Waals surface area contributed by atoms with E-state index in [-0.39, 0.29) is 10.7 Å². The van der Waals surface area contributed by atoms with Crippen molar-refractivity contribution in [1.29, 1.82) is 0 Å². The van der Waals surface area contributed by atoms with E-state index in [1.165, 1.54) is 0 Å². The Bertz CT molecular complexity index is 423. The highest BCUT2D eigenvalue weighted by molar-refractivity contribution is 9.10. The van der Waals surface area contributed by atoms with Gasteiger partial charge in [0.05, 0.1) is 19.0 Å². The number of rotatable bonds is 7. The number of ether oxygens (including phenoxy) is 2. The van der Waals surface area contributed by atoms with E-state index in [2.05, 4.69) is 28.2 Å². The lowest BCUT2D eigenvalue weighted by Gasteiger charge is -2.13. The largest absolute Gasteiger partial charge is 0.493 e. The van der Waals surface area contributed by atoms with Crippen LogP contribution < -0.4 is 14.8 Å². The van der Waals surface area contributed by atoms with Crippen LogP contribution >= 0.6 is 15.9 Å². The third-order valence-corrected chi connectivity index (χ3v) is 3.62. The fraction of sp³-hybridized carbons (Fsp3) is 0.500. The lowest BCUT2D eigenvalue weighted by atomic mass is 10.2. The summed E-state index contributed by atoms with van der Waals surface area (Å²) in [6.45, 7) is 2.10. The van der Waals surface area contributed by atoms with E-state index in [9.17, 15) is 4.79 Å². The average molecular weight is 330 g/mol. The summed E-state index contributed by atoms with van der Waals surface area (Å²) in [4.78, 5) is 11.8. The van der Waals surface area contributed by atoms with Crippen molar-refractivity contribution in [2.75, 3.05) is 19.5 Å². The second-order valence-corrected chi connectivity index (χ2v) is 5.27. The molecule has 0 saturated heterocycles. The summed E-state index contributed by atoms with van der Waals surface area (Å²) >= 11 is 3.40. The van der Waals surface area contributed by atoms with Crippen molar-refractivity contribution in [1.82, 2.24) is 0 Å². The van der Waals surface area contributed by atoms with E-state index in [1.807, 2.05) is 0 Å². The van der Waals surface area contributed by atoms with Crippen molar-refractivity contribution >= 4 is 27.5 Å². The normalized spacial score (nSPS) is 11.8. The molecule has 0 fully saturated rings. The highest BCUT2D eigenvalue weighted by atomic mass is 79.9. The van der Waals surface area contributed by atoms with Gasteiger partial charge >= 0.3 is 0 Å². The number of hydrogen-bond donors (Lipinski definition) is 1. The highest BCUT2D eigenvalue weighted by Gasteiger charge is 2.15. The predicted molar refractivity (Wildman–Crippen MR) is 80.4 cm³/mol. The second-order valence-electron chi connectivity index (χ2n) is 4.17. The minimum absolute atomic E-state index is 0.0410. The summed E-state index contributed by atoms with van der Waals surface area (Å²) in [6.07, 6.45) is 2.93. The minimum atomic E-state index is -0.166. The third-order valence-electron chi connectivity index (χ3n) is 2.75. The number of halogens is 1. The lowest BCUT2D eigenvalue weighted by Crippen LogP contribution is -2.22. The monoisotopic (exact) mass is 329 g/mol. The molecule has 4 nitrogen and oxygen atoms in total. The highest BCUT2D eigenvalue weighted by Crippen LogP contribution is 2.30. The molecule has 19 heavy (non-hydrogen) atoms. The van der Waals surface area contributed by atoms with Gasteiger partial charge in [-0.2, -0.15) is 0 Å². The number of methoxy groups -OCH3 is 2. The SMILES string of the molecule is CCCC[C@@H](Br)C(=O)Nc1ccc(OC)c(OC)c1. The molecule has 1 aromatic carbocycles. The maximum Gasteiger partial charge on any atom is 0.238 e. The zero-order chi connectivity index (χ0) is 14.3. The maximum atomic E-state index is 11.9.